The predicted molar refractivity (Wildman–Crippen MR) is 102 cm³/mol. The van der Waals surface area contributed by atoms with Gasteiger partial charge in [-0.15, -0.1) is 24.0 Å². The molecule has 0 bridgehead atoms. The number of halogens is 1. The number of hydrogen-bond acceptors (Lipinski definition) is 4. The number of carbonyl (C=O) groups excluding carboxylic acids is 1. The van der Waals surface area contributed by atoms with E-state index in [9.17, 15) is 4.79 Å². The molecule has 7 heteroatoms. The van der Waals surface area contributed by atoms with Crippen molar-refractivity contribution < 1.29 is 13.9 Å². The first kappa shape index (κ1) is 21.8. The first-order valence-corrected chi connectivity index (χ1v) is 7.67. The Labute approximate surface area is 155 Å². The summed E-state index contributed by atoms with van der Waals surface area (Å²) in [6, 6.07) is 1.70. The SMILES string of the molecule is CCC(CC)CNC(=NC)NCc1cc(C(=O)OC)c(C)o1.I. The van der Waals surface area contributed by atoms with Crippen LogP contribution >= 0.6 is 24.0 Å². The molecule has 0 atom stereocenters. The molecule has 0 saturated heterocycles. The van der Waals surface area contributed by atoms with Crippen molar-refractivity contribution in [3.63, 3.8) is 0 Å². The van der Waals surface area contributed by atoms with Crippen LogP contribution in [-0.2, 0) is 11.3 Å². The van der Waals surface area contributed by atoms with E-state index in [0.717, 1.165) is 25.3 Å². The van der Waals surface area contributed by atoms with E-state index < -0.39 is 0 Å². The minimum Gasteiger partial charge on any atom is -0.465 e. The summed E-state index contributed by atoms with van der Waals surface area (Å²) in [6.07, 6.45) is 2.28. The minimum absolute atomic E-state index is 0. The predicted octanol–water partition coefficient (Wildman–Crippen LogP) is 3.09. The molecular formula is C16H28IN3O3. The van der Waals surface area contributed by atoms with Crippen molar-refractivity contribution in [1.29, 1.82) is 0 Å². The minimum atomic E-state index is -0.385. The van der Waals surface area contributed by atoms with Crippen LogP contribution in [0.4, 0.5) is 0 Å². The summed E-state index contributed by atoms with van der Waals surface area (Å²) in [5, 5.41) is 6.48. The van der Waals surface area contributed by atoms with Gasteiger partial charge in [0, 0.05) is 13.6 Å². The van der Waals surface area contributed by atoms with E-state index in [1.54, 1.807) is 20.0 Å². The smallest absolute Gasteiger partial charge is 0.341 e. The number of esters is 1. The second-order valence-electron chi connectivity index (χ2n) is 5.16. The van der Waals surface area contributed by atoms with Crippen LogP contribution in [0.15, 0.2) is 15.5 Å². The molecule has 0 saturated carbocycles. The Morgan fingerprint density at radius 3 is 2.52 bits per heavy atom. The van der Waals surface area contributed by atoms with Crippen LogP contribution in [0.2, 0.25) is 0 Å². The van der Waals surface area contributed by atoms with E-state index in [0.29, 0.717) is 29.5 Å². The van der Waals surface area contributed by atoms with Crippen molar-refractivity contribution in [1.82, 2.24) is 10.6 Å². The van der Waals surface area contributed by atoms with E-state index in [1.165, 1.54) is 7.11 Å². The number of guanidine groups is 1. The largest absolute Gasteiger partial charge is 0.465 e. The summed E-state index contributed by atoms with van der Waals surface area (Å²) in [5.74, 6) is 2.20. The van der Waals surface area contributed by atoms with Crippen LogP contribution in [0.1, 0.15) is 48.6 Å². The molecule has 0 aliphatic carbocycles. The molecule has 23 heavy (non-hydrogen) atoms. The number of hydrogen-bond donors (Lipinski definition) is 2. The number of furan rings is 1. The molecule has 0 aromatic carbocycles. The summed E-state index contributed by atoms with van der Waals surface area (Å²) in [7, 11) is 3.09. The molecule has 1 aromatic heterocycles. The number of aliphatic imine (C=N–C) groups is 1. The van der Waals surface area contributed by atoms with E-state index in [4.69, 9.17) is 9.15 Å². The molecular weight excluding hydrogens is 409 g/mol. The lowest BCUT2D eigenvalue weighted by atomic mass is 10.0. The summed E-state index contributed by atoms with van der Waals surface area (Å²) >= 11 is 0. The van der Waals surface area contributed by atoms with Crippen molar-refractivity contribution in [2.75, 3.05) is 20.7 Å². The number of rotatable bonds is 7. The fourth-order valence-corrected chi connectivity index (χ4v) is 2.15. The third-order valence-electron chi connectivity index (χ3n) is 3.74. The van der Waals surface area contributed by atoms with Gasteiger partial charge in [-0.1, -0.05) is 26.7 Å². The Bertz CT molecular complexity index is 511. The molecule has 0 fully saturated rings. The van der Waals surface area contributed by atoms with Gasteiger partial charge in [-0.25, -0.2) is 4.79 Å². The maximum atomic E-state index is 11.5. The molecule has 1 heterocycles. The van der Waals surface area contributed by atoms with Gasteiger partial charge < -0.3 is 19.8 Å². The highest BCUT2D eigenvalue weighted by atomic mass is 127. The summed E-state index contributed by atoms with van der Waals surface area (Å²) in [6.45, 7) is 7.46. The highest BCUT2D eigenvalue weighted by molar-refractivity contribution is 14.0. The van der Waals surface area contributed by atoms with E-state index in [1.807, 2.05) is 0 Å². The van der Waals surface area contributed by atoms with Gasteiger partial charge in [0.15, 0.2) is 5.96 Å². The summed E-state index contributed by atoms with van der Waals surface area (Å²) in [5.41, 5.74) is 0.458. The highest BCUT2D eigenvalue weighted by Crippen LogP contribution is 2.15. The standard InChI is InChI=1S/C16H27N3O3.HI/c1-6-12(7-2)9-18-16(17-4)19-10-13-8-14(11(3)22-13)15(20)21-5;/h8,12H,6-7,9-10H2,1-5H3,(H2,17,18,19);1H. The second kappa shape index (κ2) is 11.3. The Morgan fingerprint density at radius 2 is 2.00 bits per heavy atom. The van der Waals surface area contributed by atoms with Crippen LogP contribution < -0.4 is 10.6 Å². The monoisotopic (exact) mass is 437 g/mol. The van der Waals surface area contributed by atoms with E-state index >= 15 is 0 Å². The number of nitrogens with one attached hydrogen (secondary N) is 2. The lowest BCUT2D eigenvalue weighted by Crippen LogP contribution is -2.39. The fourth-order valence-electron chi connectivity index (χ4n) is 2.15. The van der Waals surface area contributed by atoms with Crippen LogP contribution in [0.25, 0.3) is 0 Å². The number of ether oxygens (including phenoxy) is 1. The molecule has 6 nitrogen and oxygen atoms in total. The lowest BCUT2D eigenvalue weighted by molar-refractivity contribution is 0.0599. The lowest BCUT2D eigenvalue weighted by Gasteiger charge is -2.16. The molecule has 0 radical (unpaired) electrons. The van der Waals surface area contributed by atoms with Gasteiger partial charge in [-0.3, -0.25) is 4.99 Å². The van der Waals surface area contributed by atoms with Crippen LogP contribution in [0.5, 0.6) is 0 Å². The van der Waals surface area contributed by atoms with Gasteiger partial charge in [0.2, 0.25) is 0 Å². The van der Waals surface area contributed by atoms with Crippen molar-refractivity contribution in [2.45, 2.75) is 40.2 Å². The highest BCUT2D eigenvalue weighted by Gasteiger charge is 2.15. The molecule has 1 aromatic rings. The van der Waals surface area contributed by atoms with Gasteiger partial charge in [0.1, 0.15) is 17.1 Å². The summed E-state index contributed by atoms with van der Waals surface area (Å²) in [4.78, 5) is 15.7. The van der Waals surface area contributed by atoms with Crippen molar-refractivity contribution in [3.05, 3.63) is 23.2 Å². The molecule has 0 aliphatic heterocycles. The topological polar surface area (TPSA) is 75.9 Å². The van der Waals surface area contributed by atoms with Gasteiger partial charge in [-0.05, 0) is 18.9 Å². The Kier molecular flexibility index (Phi) is 10.7. The molecule has 0 amide bonds. The Hall–Kier alpha value is -1.25. The molecule has 0 unspecified atom stereocenters. The average Bonchev–Trinajstić information content (AvgIpc) is 2.91. The molecule has 0 aliphatic rings. The Balaban J connectivity index is 0.00000484. The maximum absolute atomic E-state index is 11.5. The molecule has 2 N–H and O–H groups in total. The third kappa shape index (κ3) is 6.80. The fraction of sp³-hybridized carbons (Fsp3) is 0.625. The van der Waals surface area contributed by atoms with Gasteiger partial charge in [0.05, 0.1) is 13.7 Å². The number of nitrogens with zero attached hydrogens (tertiary/aromatic N) is 1. The first-order chi connectivity index (χ1) is 10.5. The van der Waals surface area contributed by atoms with Crippen molar-refractivity contribution >= 4 is 35.9 Å². The van der Waals surface area contributed by atoms with Gasteiger partial charge >= 0.3 is 5.97 Å². The zero-order valence-electron chi connectivity index (χ0n) is 14.6. The Morgan fingerprint density at radius 1 is 1.35 bits per heavy atom. The normalized spacial score (nSPS) is 11.1. The number of carbonyl (C=O) groups is 1. The van der Waals surface area contributed by atoms with E-state index in [2.05, 4.69) is 29.5 Å². The maximum Gasteiger partial charge on any atom is 0.341 e. The second-order valence-corrected chi connectivity index (χ2v) is 5.16. The number of methoxy groups -OCH3 is 1. The summed E-state index contributed by atoms with van der Waals surface area (Å²) < 4.78 is 10.3. The average molecular weight is 437 g/mol. The van der Waals surface area contributed by atoms with Crippen molar-refractivity contribution in [3.8, 4) is 0 Å². The van der Waals surface area contributed by atoms with Crippen LogP contribution in [0.3, 0.4) is 0 Å². The first-order valence-electron chi connectivity index (χ1n) is 7.67. The van der Waals surface area contributed by atoms with Gasteiger partial charge in [-0.2, -0.15) is 0 Å². The van der Waals surface area contributed by atoms with Crippen LogP contribution in [-0.4, -0.2) is 32.6 Å². The molecule has 132 valence electrons. The quantitative estimate of drug-likeness (QED) is 0.297. The van der Waals surface area contributed by atoms with Crippen molar-refractivity contribution in [2.24, 2.45) is 10.9 Å². The zero-order chi connectivity index (χ0) is 16.5. The molecule has 1 rings (SSSR count). The van der Waals surface area contributed by atoms with E-state index in [-0.39, 0.29) is 29.9 Å². The van der Waals surface area contributed by atoms with Gasteiger partial charge in [0.25, 0.3) is 0 Å². The molecule has 0 spiro atoms. The third-order valence-corrected chi connectivity index (χ3v) is 3.74. The zero-order valence-corrected chi connectivity index (χ0v) is 16.9. The number of aryl methyl sites for hydroxylation is 1. The van der Waals surface area contributed by atoms with Crippen LogP contribution in [0, 0.1) is 12.8 Å².